The average molecular weight is 673 g/mol. The number of esters is 1. The Morgan fingerprint density at radius 1 is 1.04 bits per heavy atom. The molecule has 4 aliphatic rings. The van der Waals surface area contributed by atoms with Crippen LogP contribution in [-0.4, -0.2) is 108 Å². The van der Waals surface area contributed by atoms with E-state index in [0.717, 1.165) is 25.0 Å². The fraction of sp³-hybridized carbons (Fsp3) is 0.763. The topological polar surface area (TPSA) is 119 Å². The smallest absolute Gasteiger partial charge is 0.311 e. The summed E-state index contributed by atoms with van der Waals surface area (Å²) in [5, 5.41) is 26.8. The number of hydrogen-bond acceptors (Lipinski definition) is 10. The van der Waals surface area contributed by atoms with E-state index in [1.165, 1.54) is 5.56 Å². The van der Waals surface area contributed by atoms with E-state index in [9.17, 15) is 15.0 Å². The van der Waals surface area contributed by atoms with Gasteiger partial charge in [-0.15, -0.1) is 0 Å². The van der Waals surface area contributed by atoms with Gasteiger partial charge in [-0.1, -0.05) is 51.1 Å². The quantitative estimate of drug-likeness (QED) is 0.190. The summed E-state index contributed by atoms with van der Waals surface area (Å²) in [7, 11) is 3.88. The van der Waals surface area contributed by atoms with Crippen molar-refractivity contribution in [3.05, 3.63) is 47.5 Å². The van der Waals surface area contributed by atoms with Crippen molar-refractivity contribution in [3.63, 3.8) is 0 Å². The van der Waals surface area contributed by atoms with Gasteiger partial charge in [-0.25, -0.2) is 0 Å². The lowest BCUT2D eigenvalue weighted by Gasteiger charge is -2.47. The molecule has 270 valence electrons. The molecule has 3 fully saturated rings. The largest absolute Gasteiger partial charge is 0.459 e. The second-order valence-corrected chi connectivity index (χ2v) is 15.5. The highest BCUT2D eigenvalue weighted by Gasteiger charge is 2.65. The zero-order chi connectivity index (χ0) is 35.0. The summed E-state index contributed by atoms with van der Waals surface area (Å²) < 4.78 is 33.4. The van der Waals surface area contributed by atoms with E-state index in [0.29, 0.717) is 25.8 Å². The molecule has 3 bridgehead atoms. The SMILES string of the molecule is CC[C@H]1OC(=O)[C@H](C)[C@@H](O)[C@H](C)[C@@H](O[C@@H]2O[C@H](C)C[C@H](N(C)C)[C@H]2O)[C@@]2(C)C[C@@H](C)C3(O2)O[C@@]1(C)C=C3CNCCCc1ccccc1. The normalized spacial score (nSPS) is 43.4. The number of carbonyl (C=O) groups excluding carboxylic acids is 1. The number of carbonyl (C=O) groups is 1. The molecule has 1 unspecified atom stereocenters. The van der Waals surface area contributed by atoms with Crippen LogP contribution in [0.15, 0.2) is 42.0 Å². The highest BCUT2D eigenvalue weighted by molar-refractivity contribution is 5.73. The van der Waals surface area contributed by atoms with Crippen molar-refractivity contribution in [2.45, 2.75) is 140 Å². The fourth-order valence-electron chi connectivity index (χ4n) is 8.65. The monoisotopic (exact) mass is 672 g/mol. The van der Waals surface area contributed by atoms with Crippen molar-refractivity contribution < 1.29 is 38.7 Å². The van der Waals surface area contributed by atoms with Crippen LogP contribution in [0.1, 0.15) is 79.7 Å². The first-order valence-corrected chi connectivity index (χ1v) is 18.0. The van der Waals surface area contributed by atoms with E-state index in [1.807, 2.05) is 59.7 Å². The fourth-order valence-corrected chi connectivity index (χ4v) is 8.65. The zero-order valence-corrected chi connectivity index (χ0v) is 30.5. The number of ether oxygens (including phenoxy) is 5. The molecule has 10 nitrogen and oxygen atoms in total. The van der Waals surface area contributed by atoms with Crippen molar-refractivity contribution in [2.24, 2.45) is 17.8 Å². The Balaban J connectivity index is 1.47. The molecule has 0 aromatic heterocycles. The second kappa shape index (κ2) is 14.8. The number of likely N-dealkylation sites (N-methyl/N-ethyl adjacent to an activating group) is 1. The van der Waals surface area contributed by atoms with Gasteiger partial charge in [-0.05, 0) is 92.1 Å². The van der Waals surface area contributed by atoms with Crippen LogP contribution in [-0.2, 0) is 34.9 Å². The molecule has 13 atom stereocenters. The Kier molecular flexibility index (Phi) is 11.5. The number of rotatable bonds is 10. The molecular formula is C38H60N2O8. The van der Waals surface area contributed by atoms with Crippen molar-refractivity contribution in [1.82, 2.24) is 10.2 Å². The standard InChI is InChI=1S/C38H60N2O8/c1-10-30-36(6)21-28(22-39-18-14-17-27-15-12-11-13-16-27)38(47-36)23(2)20-37(7,48-38)33(25(4)31(41)26(5)34(43)45-30)46-35-32(42)29(40(8)9)19-24(3)44-35/h11-13,15-16,21,23-26,29-33,35,39,41-42H,10,14,17-20,22H2,1-9H3/t23-,24-,25+,26-,29+,30-,31+,32-,33-,35+,36+,37-,38?/m1/s1. The molecule has 0 radical (unpaired) electrons. The molecule has 4 heterocycles. The van der Waals surface area contributed by atoms with Gasteiger partial charge in [0.2, 0.25) is 0 Å². The van der Waals surface area contributed by atoms with Crippen molar-refractivity contribution in [2.75, 3.05) is 27.2 Å². The molecule has 1 spiro atoms. The highest BCUT2D eigenvalue weighted by Crippen LogP contribution is 2.56. The van der Waals surface area contributed by atoms with E-state index < -0.39 is 65.5 Å². The number of aryl methyl sites for hydroxylation is 1. The lowest BCUT2D eigenvalue weighted by atomic mass is 9.78. The molecular weight excluding hydrogens is 612 g/mol. The van der Waals surface area contributed by atoms with Crippen LogP contribution in [0.2, 0.25) is 0 Å². The van der Waals surface area contributed by atoms with Gasteiger partial charge in [0.15, 0.2) is 12.1 Å². The number of hydrogen-bond donors (Lipinski definition) is 3. The van der Waals surface area contributed by atoms with Crippen LogP contribution >= 0.6 is 0 Å². The summed E-state index contributed by atoms with van der Waals surface area (Å²) in [6.45, 7) is 15.0. The molecule has 0 amide bonds. The van der Waals surface area contributed by atoms with Gasteiger partial charge in [0.25, 0.3) is 0 Å². The van der Waals surface area contributed by atoms with Crippen LogP contribution < -0.4 is 5.32 Å². The van der Waals surface area contributed by atoms with E-state index in [1.54, 1.807) is 6.92 Å². The third kappa shape index (κ3) is 7.28. The molecule has 48 heavy (non-hydrogen) atoms. The number of fused-ring (bicyclic) bond motifs is 2. The predicted octanol–water partition coefficient (Wildman–Crippen LogP) is 4.22. The molecule has 1 aromatic carbocycles. The van der Waals surface area contributed by atoms with E-state index >= 15 is 0 Å². The van der Waals surface area contributed by atoms with Gasteiger partial charge in [0, 0.05) is 30.0 Å². The molecule has 4 aliphatic heterocycles. The number of aliphatic hydroxyl groups excluding tert-OH is 2. The van der Waals surface area contributed by atoms with Gasteiger partial charge in [0.1, 0.15) is 17.8 Å². The first-order chi connectivity index (χ1) is 22.6. The van der Waals surface area contributed by atoms with Crippen LogP contribution in [0, 0.1) is 17.8 Å². The average Bonchev–Trinajstić information content (AvgIpc) is 3.48. The van der Waals surface area contributed by atoms with E-state index in [2.05, 4.69) is 42.6 Å². The van der Waals surface area contributed by atoms with Crippen LogP contribution in [0.3, 0.4) is 0 Å². The van der Waals surface area contributed by atoms with E-state index in [4.69, 9.17) is 23.7 Å². The van der Waals surface area contributed by atoms with Crippen molar-refractivity contribution in [3.8, 4) is 0 Å². The minimum atomic E-state index is -1.11. The third-order valence-corrected chi connectivity index (χ3v) is 11.3. The summed E-state index contributed by atoms with van der Waals surface area (Å²) in [5.41, 5.74) is 0.362. The Morgan fingerprint density at radius 3 is 2.42 bits per heavy atom. The number of nitrogens with zero attached hydrogens (tertiary/aromatic N) is 1. The maximum absolute atomic E-state index is 13.6. The van der Waals surface area contributed by atoms with Gasteiger partial charge in [-0.3, -0.25) is 4.79 Å². The Bertz CT molecular complexity index is 1280. The van der Waals surface area contributed by atoms with E-state index in [-0.39, 0.29) is 18.1 Å². The first kappa shape index (κ1) is 37.4. The lowest BCUT2D eigenvalue weighted by molar-refractivity contribution is -0.328. The van der Waals surface area contributed by atoms with Crippen LogP contribution in [0.4, 0.5) is 0 Å². The molecule has 10 heteroatoms. The summed E-state index contributed by atoms with van der Waals surface area (Å²) in [5.74, 6) is -3.12. The third-order valence-electron chi connectivity index (χ3n) is 11.3. The summed E-state index contributed by atoms with van der Waals surface area (Å²) in [4.78, 5) is 15.6. The Labute approximate surface area is 287 Å². The molecule has 3 N–H and O–H groups in total. The van der Waals surface area contributed by atoms with Crippen molar-refractivity contribution >= 4 is 5.97 Å². The second-order valence-electron chi connectivity index (χ2n) is 15.5. The van der Waals surface area contributed by atoms with Gasteiger partial charge in [-0.2, -0.15) is 0 Å². The maximum atomic E-state index is 13.6. The van der Waals surface area contributed by atoms with Crippen LogP contribution in [0.25, 0.3) is 0 Å². The zero-order valence-electron chi connectivity index (χ0n) is 30.5. The molecule has 5 rings (SSSR count). The Hall–Kier alpha value is -1.89. The summed E-state index contributed by atoms with van der Waals surface area (Å²) in [6.07, 6.45) is 1.34. The molecule has 0 saturated carbocycles. The summed E-state index contributed by atoms with van der Waals surface area (Å²) in [6, 6.07) is 10.3. The first-order valence-electron chi connectivity index (χ1n) is 18.0. The van der Waals surface area contributed by atoms with Gasteiger partial charge >= 0.3 is 5.97 Å². The highest BCUT2D eigenvalue weighted by atomic mass is 16.8. The minimum absolute atomic E-state index is 0.103. The predicted molar refractivity (Wildman–Crippen MR) is 183 cm³/mol. The molecule has 3 saturated heterocycles. The molecule has 1 aromatic rings. The van der Waals surface area contributed by atoms with Crippen LogP contribution in [0.5, 0.6) is 0 Å². The number of benzene rings is 1. The van der Waals surface area contributed by atoms with Gasteiger partial charge in [0.05, 0.1) is 29.8 Å². The maximum Gasteiger partial charge on any atom is 0.311 e. The summed E-state index contributed by atoms with van der Waals surface area (Å²) >= 11 is 0. The number of aliphatic hydroxyl groups is 2. The lowest BCUT2D eigenvalue weighted by Crippen LogP contribution is -2.59. The number of nitrogens with one attached hydrogen (secondary N) is 1. The minimum Gasteiger partial charge on any atom is -0.459 e. The number of cyclic esters (lactones) is 1. The Morgan fingerprint density at radius 2 is 1.75 bits per heavy atom. The van der Waals surface area contributed by atoms with Crippen molar-refractivity contribution in [1.29, 1.82) is 0 Å². The van der Waals surface area contributed by atoms with Gasteiger partial charge < -0.3 is 44.1 Å². The molecule has 0 aliphatic carbocycles.